The Kier molecular flexibility index (Phi) is 5.71. The number of rotatable bonds is 7. The molecular weight excluding hydrogens is 237 g/mol. The van der Waals surface area contributed by atoms with Gasteiger partial charge in [0, 0.05) is 18.7 Å². The summed E-state index contributed by atoms with van der Waals surface area (Å²) < 4.78 is 28.9. The lowest BCUT2D eigenvalue weighted by Crippen LogP contribution is -2.11. The van der Waals surface area contributed by atoms with Crippen LogP contribution in [0.2, 0.25) is 0 Å². The molecule has 0 heterocycles. The summed E-state index contributed by atoms with van der Waals surface area (Å²) in [6, 6.07) is 2.62. The number of nitrogens with two attached hydrogens (primary N) is 1. The SMILES string of the molecule is COc1cc(OCCOCC(C)C)c(N)cc1F. The molecule has 0 saturated carbocycles. The molecule has 0 aliphatic rings. The van der Waals surface area contributed by atoms with Crippen LogP contribution >= 0.6 is 0 Å². The van der Waals surface area contributed by atoms with E-state index in [4.69, 9.17) is 19.9 Å². The average molecular weight is 257 g/mol. The molecule has 0 spiro atoms. The lowest BCUT2D eigenvalue weighted by atomic mass is 10.2. The molecule has 5 heteroatoms. The molecule has 0 aromatic heterocycles. The molecule has 0 bridgehead atoms. The monoisotopic (exact) mass is 257 g/mol. The zero-order valence-corrected chi connectivity index (χ0v) is 11.0. The second-order valence-electron chi connectivity index (χ2n) is 4.34. The Morgan fingerprint density at radius 1 is 1.22 bits per heavy atom. The highest BCUT2D eigenvalue weighted by Gasteiger charge is 2.09. The summed E-state index contributed by atoms with van der Waals surface area (Å²) in [4.78, 5) is 0. The molecule has 1 aromatic rings. The van der Waals surface area contributed by atoms with Gasteiger partial charge in [-0.05, 0) is 5.92 Å². The number of methoxy groups -OCH3 is 1. The van der Waals surface area contributed by atoms with Crippen LogP contribution in [0, 0.1) is 11.7 Å². The van der Waals surface area contributed by atoms with Crippen molar-refractivity contribution >= 4 is 5.69 Å². The average Bonchev–Trinajstić information content (AvgIpc) is 2.30. The fourth-order valence-electron chi connectivity index (χ4n) is 1.36. The Morgan fingerprint density at radius 3 is 2.56 bits per heavy atom. The van der Waals surface area contributed by atoms with E-state index < -0.39 is 5.82 Å². The van der Waals surface area contributed by atoms with Gasteiger partial charge in [-0.1, -0.05) is 13.8 Å². The number of anilines is 1. The van der Waals surface area contributed by atoms with Gasteiger partial charge in [-0.25, -0.2) is 4.39 Å². The molecule has 0 fully saturated rings. The lowest BCUT2D eigenvalue weighted by Gasteiger charge is -2.12. The number of benzene rings is 1. The highest BCUT2D eigenvalue weighted by Crippen LogP contribution is 2.29. The van der Waals surface area contributed by atoms with Crippen LogP contribution in [-0.4, -0.2) is 26.9 Å². The van der Waals surface area contributed by atoms with E-state index in [0.717, 1.165) is 0 Å². The molecule has 0 unspecified atom stereocenters. The van der Waals surface area contributed by atoms with Crippen LogP contribution in [0.3, 0.4) is 0 Å². The Bertz CT molecular complexity index is 383. The fourth-order valence-corrected chi connectivity index (χ4v) is 1.36. The maximum atomic E-state index is 13.3. The van der Waals surface area contributed by atoms with Gasteiger partial charge >= 0.3 is 0 Å². The maximum absolute atomic E-state index is 13.3. The molecule has 2 N–H and O–H groups in total. The van der Waals surface area contributed by atoms with E-state index in [0.29, 0.717) is 31.5 Å². The first kappa shape index (κ1) is 14.6. The van der Waals surface area contributed by atoms with Crippen molar-refractivity contribution < 1.29 is 18.6 Å². The Hall–Kier alpha value is -1.49. The summed E-state index contributed by atoms with van der Waals surface area (Å²) in [5, 5.41) is 0. The largest absolute Gasteiger partial charge is 0.494 e. The number of halogens is 1. The molecule has 1 rings (SSSR count). The van der Waals surface area contributed by atoms with Crippen molar-refractivity contribution in [3.8, 4) is 11.5 Å². The zero-order chi connectivity index (χ0) is 13.5. The number of nitrogen functional groups attached to an aromatic ring is 1. The first-order valence-electron chi connectivity index (χ1n) is 5.88. The third kappa shape index (κ3) is 4.41. The van der Waals surface area contributed by atoms with Gasteiger partial charge in [0.1, 0.15) is 12.4 Å². The molecule has 0 amide bonds. The van der Waals surface area contributed by atoms with Crippen molar-refractivity contribution in [2.24, 2.45) is 5.92 Å². The van der Waals surface area contributed by atoms with Gasteiger partial charge in [-0.2, -0.15) is 0 Å². The van der Waals surface area contributed by atoms with Crippen LogP contribution in [0.4, 0.5) is 10.1 Å². The van der Waals surface area contributed by atoms with E-state index in [-0.39, 0.29) is 11.4 Å². The van der Waals surface area contributed by atoms with Crippen LogP contribution < -0.4 is 15.2 Å². The molecule has 0 radical (unpaired) electrons. The number of hydrogen-bond acceptors (Lipinski definition) is 4. The van der Waals surface area contributed by atoms with Gasteiger partial charge in [0.15, 0.2) is 11.6 Å². The van der Waals surface area contributed by atoms with Crippen LogP contribution in [0.25, 0.3) is 0 Å². The van der Waals surface area contributed by atoms with Crippen LogP contribution in [-0.2, 0) is 4.74 Å². The molecule has 4 nitrogen and oxygen atoms in total. The standard InChI is InChI=1S/C13H20FNO3/c1-9(2)8-17-4-5-18-13-7-12(16-3)10(14)6-11(13)15/h6-7,9H,4-5,8,15H2,1-3H3. The molecule has 0 aliphatic heterocycles. The summed E-state index contributed by atoms with van der Waals surface area (Å²) in [6.07, 6.45) is 0. The van der Waals surface area contributed by atoms with Gasteiger partial charge in [-0.15, -0.1) is 0 Å². The Balaban J connectivity index is 2.47. The van der Waals surface area contributed by atoms with E-state index in [1.807, 2.05) is 0 Å². The fraction of sp³-hybridized carbons (Fsp3) is 0.538. The van der Waals surface area contributed by atoms with Gasteiger partial charge < -0.3 is 19.9 Å². The number of ether oxygens (including phenoxy) is 3. The van der Waals surface area contributed by atoms with Crippen molar-refractivity contribution in [1.29, 1.82) is 0 Å². The van der Waals surface area contributed by atoms with Crippen molar-refractivity contribution in [3.05, 3.63) is 17.9 Å². The quantitative estimate of drug-likeness (QED) is 0.602. The molecule has 0 aliphatic carbocycles. The normalized spacial score (nSPS) is 10.7. The first-order chi connectivity index (χ1) is 8.54. The third-order valence-electron chi connectivity index (χ3n) is 2.22. The van der Waals surface area contributed by atoms with Crippen LogP contribution in [0.1, 0.15) is 13.8 Å². The van der Waals surface area contributed by atoms with Crippen LogP contribution in [0.5, 0.6) is 11.5 Å². The highest BCUT2D eigenvalue weighted by molar-refractivity contribution is 5.56. The van der Waals surface area contributed by atoms with Gasteiger partial charge in [-0.3, -0.25) is 0 Å². The van der Waals surface area contributed by atoms with Crippen LogP contribution in [0.15, 0.2) is 12.1 Å². The maximum Gasteiger partial charge on any atom is 0.167 e. The predicted molar refractivity (Wildman–Crippen MR) is 68.5 cm³/mol. The highest BCUT2D eigenvalue weighted by atomic mass is 19.1. The second kappa shape index (κ2) is 7.06. The molecule has 102 valence electrons. The van der Waals surface area contributed by atoms with Crippen molar-refractivity contribution in [2.45, 2.75) is 13.8 Å². The Labute approximate surface area is 107 Å². The van der Waals surface area contributed by atoms with E-state index in [9.17, 15) is 4.39 Å². The summed E-state index contributed by atoms with van der Waals surface area (Å²) in [5.74, 6) is 0.503. The van der Waals surface area contributed by atoms with Gasteiger partial charge in [0.05, 0.1) is 19.4 Å². The summed E-state index contributed by atoms with van der Waals surface area (Å²) in [6.45, 7) is 5.67. The number of hydrogen-bond donors (Lipinski definition) is 1. The summed E-state index contributed by atoms with van der Waals surface area (Å²) >= 11 is 0. The molecular formula is C13H20FNO3. The molecule has 0 saturated heterocycles. The summed E-state index contributed by atoms with van der Waals surface area (Å²) in [7, 11) is 1.39. The zero-order valence-electron chi connectivity index (χ0n) is 11.0. The van der Waals surface area contributed by atoms with Crippen molar-refractivity contribution in [2.75, 3.05) is 32.7 Å². The molecule has 1 aromatic carbocycles. The minimum atomic E-state index is -0.501. The van der Waals surface area contributed by atoms with E-state index >= 15 is 0 Å². The van der Waals surface area contributed by atoms with Crippen molar-refractivity contribution in [1.82, 2.24) is 0 Å². The predicted octanol–water partition coefficient (Wildman–Crippen LogP) is 2.47. The van der Waals surface area contributed by atoms with E-state index in [1.54, 1.807) is 0 Å². The molecule has 18 heavy (non-hydrogen) atoms. The van der Waals surface area contributed by atoms with E-state index in [1.165, 1.54) is 19.2 Å². The minimum Gasteiger partial charge on any atom is -0.494 e. The third-order valence-corrected chi connectivity index (χ3v) is 2.22. The van der Waals surface area contributed by atoms with E-state index in [2.05, 4.69) is 13.8 Å². The van der Waals surface area contributed by atoms with Gasteiger partial charge in [0.25, 0.3) is 0 Å². The first-order valence-corrected chi connectivity index (χ1v) is 5.88. The smallest absolute Gasteiger partial charge is 0.167 e. The topological polar surface area (TPSA) is 53.7 Å². The lowest BCUT2D eigenvalue weighted by molar-refractivity contribution is 0.0820. The van der Waals surface area contributed by atoms with Crippen molar-refractivity contribution in [3.63, 3.8) is 0 Å². The molecule has 0 atom stereocenters. The summed E-state index contributed by atoms with van der Waals surface area (Å²) in [5.41, 5.74) is 5.89. The Morgan fingerprint density at radius 2 is 1.94 bits per heavy atom. The minimum absolute atomic E-state index is 0.113. The second-order valence-corrected chi connectivity index (χ2v) is 4.34. The van der Waals surface area contributed by atoms with Gasteiger partial charge in [0.2, 0.25) is 0 Å².